The standard InChI is InChI=1S/C14H27NS/c1-11(2)12-6-4-5-7-13(12)15-10-14(16-3)8-9-14/h11-13,15H,4-10H2,1-3H3. The molecule has 0 saturated heterocycles. The van der Waals surface area contributed by atoms with Gasteiger partial charge in [-0.15, -0.1) is 0 Å². The molecule has 0 aromatic heterocycles. The Kier molecular flexibility index (Phi) is 4.23. The smallest absolute Gasteiger partial charge is 0.0282 e. The summed E-state index contributed by atoms with van der Waals surface area (Å²) < 4.78 is 0.624. The van der Waals surface area contributed by atoms with E-state index in [1.807, 2.05) is 0 Å². The monoisotopic (exact) mass is 241 g/mol. The molecule has 2 aliphatic carbocycles. The summed E-state index contributed by atoms with van der Waals surface area (Å²) in [5.41, 5.74) is 0. The van der Waals surface area contributed by atoms with Crippen molar-refractivity contribution in [2.75, 3.05) is 12.8 Å². The topological polar surface area (TPSA) is 12.0 Å². The van der Waals surface area contributed by atoms with Crippen LogP contribution in [-0.4, -0.2) is 23.6 Å². The molecule has 2 fully saturated rings. The minimum Gasteiger partial charge on any atom is -0.312 e. The molecule has 2 atom stereocenters. The molecule has 0 aromatic rings. The number of rotatable bonds is 5. The molecule has 2 saturated carbocycles. The summed E-state index contributed by atoms with van der Waals surface area (Å²) in [6, 6.07) is 0.804. The van der Waals surface area contributed by atoms with E-state index >= 15 is 0 Å². The van der Waals surface area contributed by atoms with Crippen molar-refractivity contribution in [2.45, 2.75) is 63.2 Å². The van der Waals surface area contributed by atoms with Gasteiger partial charge in [0.25, 0.3) is 0 Å². The number of thioether (sulfide) groups is 1. The fraction of sp³-hybridized carbons (Fsp3) is 1.00. The summed E-state index contributed by atoms with van der Waals surface area (Å²) in [5.74, 6) is 1.77. The average molecular weight is 241 g/mol. The fourth-order valence-corrected chi connectivity index (χ4v) is 3.86. The van der Waals surface area contributed by atoms with Crippen LogP contribution < -0.4 is 5.32 Å². The summed E-state index contributed by atoms with van der Waals surface area (Å²) in [7, 11) is 0. The maximum absolute atomic E-state index is 3.89. The summed E-state index contributed by atoms with van der Waals surface area (Å²) in [5, 5.41) is 3.89. The van der Waals surface area contributed by atoms with Crippen LogP contribution in [-0.2, 0) is 0 Å². The minimum atomic E-state index is 0.624. The SMILES string of the molecule is CSC1(CNC2CCCCC2C(C)C)CC1. The largest absolute Gasteiger partial charge is 0.312 e. The predicted octanol–water partition coefficient (Wildman–Crippen LogP) is 3.69. The lowest BCUT2D eigenvalue weighted by Crippen LogP contribution is -2.43. The van der Waals surface area contributed by atoms with Crippen molar-refractivity contribution in [3.63, 3.8) is 0 Å². The molecule has 2 aliphatic rings. The van der Waals surface area contributed by atoms with Crippen LogP contribution in [0.25, 0.3) is 0 Å². The molecule has 0 radical (unpaired) electrons. The van der Waals surface area contributed by atoms with Crippen LogP contribution in [0.3, 0.4) is 0 Å². The first kappa shape index (κ1) is 12.8. The Bertz CT molecular complexity index is 223. The molecule has 2 unspecified atom stereocenters. The van der Waals surface area contributed by atoms with Gasteiger partial charge < -0.3 is 5.32 Å². The van der Waals surface area contributed by atoms with Gasteiger partial charge in [-0.2, -0.15) is 11.8 Å². The van der Waals surface area contributed by atoms with Crippen LogP contribution >= 0.6 is 11.8 Å². The Hall–Kier alpha value is 0.310. The Balaban J connectivity index is 1.82. The van der Waals surface area contributed by atoms with Gasteiger partial charge in [0.1, 0.15) is 0 Å². The van der Waals surface area contributed by atoms with Crippen LogP contribution in [0.1, 0.15) is 52.4 Å². The van der Waals surface area contributed by atoms with Gasteiger partial charge in [-0.25, -0.2) is 0 Å². The van der Waals surface area contributed by atoms with Gasteiger partial charge in [0.2, 0.25) is 0 Å². The summed E-state index contributed by atoms with van der Waals surface area (Å²) >= 11 is 2.07. The van der Waals surface area contributed by atoms with E-state index in [1.165, 1.54) is 45.1 Å². The molecule has 2 rings (SSSR count). The number of hydrogen-bond acceptors (Lipinski definition) is 2. The summed E-state index contributed by atoms with van der Waals surface area (Å²) in [4.78, 5) is 0. The molecule has 0 amide bonds. The number of nitrogens with one attached hydrogen (secondary N) is 1. The quantitative estimate of drug-likeness (QED) is 0.788. The third-order valence-corrected chi connectivity index (χ3v) is 6.02. The highest BCUT2D eigenvalue weighted by atomic mass is 32.2. The molecule has 0 aliphatic heterocycles. The normalized spacial score (nSPS) is 33.0. The van der Waals surface area contributed by atoms with E-state index in [1.54, 1.807) is 0 Å². The molecular weight excluding hydrogens is 214 g/mol. The van der Waals surface area contributed by atoms with Gasteiger partial charge in [-0.1, -0.05) is 26.7 Å². The molecule has 0 spiro atoms. The van der Waals surface area contributed by atoms with E-state index in [9.17, 15) is 0 Å². The first-order valence-corrected chi connectivity index (χ1v) is 8.18. The van der Waals surface area contributed by atoms with Crippen molar-refractivity contribution < 1.29 is 0 Å². The first-order valence-electron chi connectivity index (χ1n) is 6.95. The van der Waals surface area contributed by atoms with E-state index in [2.05, 4.69) is 37.2 Å². The second kappa shape index (κ2) is 5.30. The Labute approximate surface area is 105 Å². The Morgan fingerprint density at radius 1 is 1.25 bits per heavy atom. The molecule has 0 heterocycles. The van der Waals surface area contributed by atoms with Crippen molar-refractivity contribution in [2.24, 2.45) is 11.8 Å². The molecule has 2 heteroatoms. The Morgan fingerprint density at radius 2 is 1.94 bits per heavy atom. The molecule has 94 valence electrons. The Morgan fingerprint density at radius 3 is 2.50 bits per heavy atom. The van der Waals surface area contributed by atoms with Gasteiger partial charge >= 0.3 is 0 Å². The van der Waals surface area contributed by atoms with E-state index in [-0.39, 0.29) is 0 Å². The molecule has 1 N–H and O–H groups in total. The zero-order valence-corrected chi connectivity index (χ0v) is 11.9. The van der Waals surface area contributed by atoms with Crippen molar-refractivity contribution in [3.05, 3.63) is 0 Å². The molecular formula is C14H27NS. The van der Waals surface area contributed by atoms with E-state index in [4.69, 9.17) is 0 Å². The van der Waals surface area contributed by atoms with Crippen molar-refractivity contribution in [1.82, 2.24) is 5.32 Å². The third kappa shape index (κ3) is 2.95. The summed E-state index contributed by atoms with van der Waals surface area (Å²) in [6.07, 6.45) is 10.9. The van der Waals surface area contributed by atoms with Crippen LogP contribution in [0.4, 0.5) is 0 Å². The second-order valence-corrected chi connectivity index (χ2v) is 7.34. The minimum absolute atomic E-state index is 0.624. The van der Waals surface area contributed by atoms with Gasteiger partial charge in [-0.05, 0) is 43.8 Å². The molecule has 0 aromatic carbocycles. The maximum Gasteiger partial charge on any atom is 0.0282 e. The number of hydrogen-bond donors (Lipinski definition) is 1. The highest BCUT2D eigenvalue weighted by molar-refractivity contribution is 8.00. The van der Waals surface area contributed by atoms with E-state index < -0.39 is 0 Å². The van der Waals surface area contributed by atoms with Crippen LogP contribution in [0, 0.1) is 11.8 Å². The van der Waals surface area contributed by atoms with Crippen molar-refractivity contribution >= 4 is 11.8 Å². The maximum atomic E-state index is 3.89. The van der Waals surface area contributed by atoms with Gasteiger partial charge in [0.15, 0.2) is 0 Å². The molecule has 16 heavy (non-hydrogen) atoms. The zero-order chi connectivity index (χ0) is 11.6. The van der Waals surface area contributed by atoms with Gasteiger partial charge in [-0.3, -0.25) is 0 Å². The van der Waals surface area contributed by atoms with Crippen LogP contribution in [0.2, 0.25) is 0 Å². The third-order valence-electron chi connectivity index (χ3n) is 4.60. The highest BCUT2D eigenvalue weighted by Gasteiger charge is 2.42. The molecule has 0 bridgehead atoms. The lowest BCUT2D eigenvalue weighted by atomic mass is 9.78. The predicted molar refractivity (Wildman–Crippen MR) is 74.1 cm³/mol. The molecule has 1 nitrogen and oxygen atoms in total. The van der Waals surface area contributed by atoms with Gasteiger partial charge in [0.05, 0.1) is 0 Å². The fourth-order valence-electron chi connectivity index (χ4n) is 3.12. The average Bonchev–Trinajstić information content (AvgIpc) is 3.07. The van der Waals surface area contributed by atoms with Crippen LogP contribution in [0.15, 0.2) is 0 Å². The van der Waals surface area contributed by atoms with Gasteiger partial charge in [0, 0.05) is 17.3 Å². The van der Waals surface area contributed by atoms with Crippen molar-refractivity contribution in [3.8, 4) is 0 Å². The lowest BCUT2D eigenvalue weighted by molar-refractivity contribution is 0.206. The first-order chi connectivity index (χ1) is 7.67. The van der Waals surface area contributed by atoms with E-state index in [0.717, 1.165) is 17.9 Å². The van der Waals surface area contributed by atoms with Crippen molar-refractivity contribution in [1.29, 1.82) is 0 Å². The van der Waals surface area contributed by atoms with E-state index in [0.29, 0.717) is 4.75 Å². The summed E-state index contributed by atoms with van der Waals surface area (Å²) in [6.45, 7) is 6.04. The zero-order valence-electron chi connectivity index (χ0n) is 11.1. The van der Waals surface area contributed by atoms with Crippen LogP contribution in [0.5, 0.6) is 0 Å². The highest BCUT2D eigenvalue weighted by Crippen LogP contribution is 2.46. The lowest BCUT2D eigenvalue weighted by Gasteiger charge is -2.36. The second-order valence-electron chi connectivity index (χ2n) is 6.07.